The molecule has 0 amide bonds. The molecule has 0 atom stereocenters. The van der Waals surface area contributed by atoms with Crippen molar-refractivity contribution in [3.63, 3.8) is 0 Å². The molecule has 0 N–H and O–H groups in total. The molecule has 1 heteroatoms. The number of hydrogen-bond donors (Lipinski definition) is 0. The third-order valence-electron chi connectivity index (χ3n) is 4.99. The van der Waals surface area contributed by atoms with Crippen LogP contribution in [0, 0.1) is 0 Å². The monoisotopic (exact) mass is 263 g/mol. The summed E-state index contributed by atoms with van der Waals surface area (Å²) in [5.74, 6) is 0. The number of nitrogens with zero attached hydrogens (tertiary/aromatic N) is 1. The van der Waals surface area contributed by atoms with Crippen LogP contribution in [0.5, 0.6) is 0 Å². The summed E-state index contributed by atoms with van der Waals surface area (Å²) < 4.78 is 0. The van der Waals surface area contributed by atoms with Crippen LogP contribution >= 0.6 is 0 Å². The Bertz CT molecular complexity index is 228. The van der Waals surface area contributed by atoms with Crippen molar-refractivity contribution in [3.8, 4) is 0 Å². The van der Waals surface area contributed by atoms with Gasteiger partial charge in [0.05, 0.1) is 0 Å². The van der Waals surface area contributed by atoms with Crippen molar-refractivity contribution in [2.75, 3.05) is 0 Å². The molecular weight excluding hydrogens is 230 g/mol. The van der Waals surface area contributed by atoms with E-state index >= 15 is 0 Å². The number of rotatable bonds is 6. The minimum atomic E-state index is 0.856. The minimum absolute atomic E-state index is 0.856. The fourth-order valence-electron chi connectivity index (χ4n) is 3.82. The molecule has 2 aliphatic rings. The zero-order chi connectivity index (χ0) is 13.3. The van der Waals surface area contributed by atoms with Crippen LogP contribution in [0.15, 0.2) is 12.3 Å². The Hall–Kier alpha value is -0.460. The lowest BCUT2D eigenvalue weighted by molar-refractivity contribution is 0.133. The quantitative estimate of drug-likeness (QED) is 0.559. The molecule has 2 saturated carbocycles. The molecule has 0 aromatic rings. The SMILES string of the molecule is CCCCC=CN(C1CCCCC1)C1CCCCC1. The summed E-state index contributed by atoms with van der Waals surface area (Å²) in [6.07, 6.45) is 23.4. The van der Waals surface area contributed by atoms with Gasteiger partial charge in [-0.15, -0.1) is 0 Å². The molecule has 0 heterocycles. The summed E-state index contributed by atoms with van der Waals surface area (Å²) in [5, 5.41) is 0. The Morgan fingerprint density at radius 3 is 1.84 bits per heavy atom. The highest BCUT2D eigenvalue weighted by Crippen LogP contribution is 2.30. The van der Waals surface area contributed by atoms with Crippen molar-refractivity contribution in [2.45, 2.75) is 102 Å². The molecule has 2 aliphatic carbocycles. The maximum atomic E-state index is 2.79. The van der Waals surface area contributed by atoms with E-state index in [0.29, 0.717) is 0 Å². The highest BCUT2D eigenvalue weighted by Gasteiger charge is 2.26. The highest BCUT2D eigenvalue weighted by molar-refractivity contribution is 4.93. The van der Waals surface area contributed by atoms with E-state index in [9.17, 15) is 0 Å². The third-order valence-corrected chi connectivity index (χ3v) is 4.99. The van der Waals surface area contributed by atoms with Gasteiger partial charge in [-0.1, -0.05) is 64.4 Å². The molecular formula is C18H33N. The Morgan fingerprint density at radius 2 is 1.37 bits per heavy atom. The lowest BCUT2D eigenvalue weighted by Gasteiger charge is -2.41. The molecule has 0 saturated heterocycles. The van der Waals surface area contributed by atoms with E-state index < -0.39 is 0 Å². The Labute approximate surface area is 120 Å². The molecule has 0 bridgehead atoms. The van der Waals surface area contributed by atoms with Gasteiger partial charge >= 0.3 is 0 Å². The van der Waals surface area contributed by atoms with Gasteiger partial charge in [0.2, 0.25) is 0 Å². The molecule has 0 radical (unpaired) electrons. The molecule has 2 fully saturated rings. The van der Waals surface area contributed by atoms with Gasteiger partial charge in [0.25, 0.3) is 0 Å². The molecule has 1 nitrogen and oxygen atoms in total. The maximum Gasteiger partial charge on any atom is 0.0287 e. The zero-order valence-corrected chi connectivity index (χ0v) is 12.9. The first-order valence-corrected chi connectivity index (χ1v) is 8.86. The standard InChI is InChI=1S/C18H33N/c1-2-3-4-11-16-19(17-12-7-5-8-13-17)18-14-9-6-10-15-18/h11,16-18H,2-10,12-15H2,1H3. The second-order valence-electron chi connectivity index (χ2n) is 6.56. The highest BCUT2D eigenvalue weighted by atomic mass is 15.2. The van der Waals surface area contributed by atoms with Crippen molar-refractivity contribution in [2.24, 2.45) is 0 Å². The van der Waals surface area contributed by atoms with Gasteiger partial charge in [0.15, 0.2) is 0 Å². The lowest BCUT2D eigenvalue weighted by Crippen LogP contribution is -2.41. The molecule has 19 heavy (non-hydrogen) atoms. The predicted octanol–water partition coefficient (Wildman–Crippen LogP) is 5.66. The Balaban J connectivity index is 1.92. The van der Waals surface area contributed by atoms with Crippen molar-refractivity contribution in [1.82, 2.24) is 4.90 Å². The number of unbranched alkanes of at least 4 members (excludes halogenated alkanes) is 2. The molecule has 0 unspecified atom stereocenters. The minimum Gasteiger partial charge on any atom is -0.372 e. The van der Waals surface area contributed by atoms with Crippen LogP contribution in [0.4, 0.5) is 0 Å². The summed E-state index contributed by atoms with van der Waals surface area (Å²) >= 11 is 0. The number of allylic oxidation sites excluding steroid dienone is 1. The second kappa shape index (κ2) is 8.66. The van der Waals surface area contributed by atoms with Crippen LogP contribution in [0.3, 0.4) is 0 Å². The predicted molar refractivity (Wildman–Crippen MR) is 84.3 cm³/mol. The van der Waals surface area contributed by atoms with Crippen molar-refractivity contribution >= 4 is 0 Å². The zero-order valence-electron chi connectivity index (χ0n) is 12.9. The maximum absolute atomic E-state index is 2.79. The van der Waals surface area contributed by atoms with Crippen molar-refractivity contribution in [1.29, 1.82) is 0 Å². The summed E-state index contributed by atoms with van der Waals surface area (Å²) in [5.41, 5.74) is 0. The first-order valence-electron chi connectivity index (χ1n) is 8.86. The van der Waals surface area contributed by atoms with Gasteiger partial charge in [-0.2, -0.15) is 0 Å². The van der Waals surface area contributed by atoms with Crippen LogP contribution in [0.2, 0.25) is 0 Å². The van der Waals surface area contributed by atoms with E-state index in [2.05, 4.69) is 24.1 Å². The van der Waals surface area contributed by atoms with E-state index in [1.54, 1.807) is 0 Å². The lowest BCUT2D eigenvalue weighted by atomic mass is 9.89. The van der Waals surface area contributed by atoms with Crippen LogP contribution in [-0.2, 0) is 0 Å². The Morgan fingerprint density at radius 1 is 0.842 bits per heavy atom. The third kappa shape index (κ3) is 4.85. The van der Waals surface area contributed by atoms with Gasteiger partial charge in [0.1, 0.15) is 0 Å². The number of hydrogen-bond acceptors (Lipinski definition) is 1. The summed E-state index contributed by atoms with van der Waals surface area (Å²) in [7, 11) is 0. The second-order valence-corrected chi connectivity index (χ2v) is 6.56. The van der Waals surface area contributed by atoms with Gasteiger partial charge in [-0.3, -0.25) is 0 Å². The fraction of sp³-hybridized carbons (Fsp3) is 0.889. The normalized spacial score (nSPS) is 23.0. The van der Waals surface area contributed by atoms with Crippen LogP contribution in [0.25, 0.3) is 0 Å². The summed E-state index contributed by atoms with van der Waals surface area (Å²) in [4.78, 5) is 2.79. The van der Waals surface area contributed by atoms with Gasteiger partial charge in [-0.25, -0.2) is 0 Å². The van der Waals surface area contributed by atoms with Crippen molar-refractivity contribution in [3.05, 3.63) is 12.3 Å². The molecule has 110 valence electrons. The van der Waals surface area contributed by atoms with Crippen molar-refractivity contribution < 1.29 is 0 Å². The smallest absolute Gasteiger partial charge is 0.0287 e. The van der Waals surface area contributed by atoms with Gasteiger partial charge < -0.3 is 4.90 Å². The molecule has 0 aliphatic heterocycles. The largest absolute Gasteiger partial charge is 0.372 e. The topological polar surface area (TPSA) is 3.24 Å². The summed E-state index contributed by atoms with van der Waals surface area (Å²) in [6, 6.07) is 1.71. The van der Waals surface area contributed by atoms with Gasteiger partial charge in [-0.05, 0) is 38.3 Å². The van der Waals surface area contributed by atoms with E-state index in [1.165, 1.54) is 83.5 Å². The van der Waals surface area contributed by atoms with Crippen LogP contribution < -0.4 is 0 Å². The van der Waals surface area contributed by atoms with Gasteiger partial charge in [0, 0.05) is 12.1 Å². The van der Waals surface area contributed by atoms with E-state index in [1.807, 2.05) is 0 Å². The Kier molecular flexibility index (Phi) is 6.81. The molecule has 0 spiro atoms. The fourth-order valence-corrected chi connectivity index (χ4v) is 3.82. The first-order chi connectivity index (χ1) is 9.42. The van der Waals surface area contributed by atoms with E-state index in [-0.39, 0.29) is 0 Å². The first kappa shape index (κ1) is 14.9. The van der Waals surface area contributed by atoms with E-state index in [4.69, 9.17) is 0 Å². The summed E-state index contributed by atoms with van der Waals surface area (Å²) in [6.45, 7) is 2.29. The van der Waals surface area contributed by atoms with Crippen LogP contribution in [-0.4, -0.2) is 17.0 Å². The molecule has 0 aromatic heterocycles. The average molecular weight is 263 g/mol. The van der Waals surface area contributed by atoms with Crippen LogP contribution in [0.1, 0.15) is 90.4 Å². The average Bonchev–Trinajstić information content (AvgIpc) is 2.49. The molecule has 0 aromatic carbocycles. The van der Waals surface area contributed by atoms with E-state index in [0.717, 1.165) is 12.1 Å². The molecule has 2 rings (SSSR count).